The van der Waals surface area contributed by atoms with Crippen LogP contribution in [0.4, 0.5) is 0 Å². The summed E-state index contributed by atoms with van der Waals surface area (Å²) in [6, 6.07) is 8.37. The van der Waals surface area contributed by atoms with Gasteiger partial charge in [-0.1, -0.05) is 24.3 Å². The highest BCUT2D eigenvalue weighted by Gasteiger charge is 2.25. The van der Waals surface area contributed by atoms with Gasteiger partial charge in [-0.05, 0) is 11.1 Å². The summed E-state index contributed by atoms with van der Waals surface area (Å²) >= 11 is 0. The predicted molar refractivity (Wildman–Crippen MR) is 62.3 cm³/mol. The van der Waals surface area contributed by atoms with E-state index in [1.807, 2.05) is 12.1 Å². The zero-order valence-corrected chi connectivity index (χ0v) is 9.23. The molecule has 0 saturated heterocycles. The van der Waals surface area contributed by atoms with Crippen molar-refractivity contribution in [2.75, 3.05) is 6.54 Å². The van der Waals surface area contributed by atoms with Gasteiger partial charge in [0.2, 0.25) is 5.91 Å². The van der Waals surface area contributed by atoms with Crippen molar-refractivity contribution in [3.8, 4) is 0 Å². The first kappa shape index (κ1) is 11.1. The number of carbonyl (C=O) groups excluding carboxylic acids is 1. The van der Waals surface area contributed by atoms with Gasteiger partial charge in [0.15, 0.2) is 0 Å². The number of fused-ring (bicyclic) bond motifs is 1. The SMILES string of the molecule is NCC(CC(N)=O)N1Cc2ccccc2C1. The van der Waals surface area contributed by atoms with E-state index in [2.05, 4.69) is 17.0 Å². The Morgan fingerprint density at radius 3 is 2.31 bits per heavy atom. The Bertz CT molecular complexity index is 367. The van der Waals surface area contributed by atoms with Gasteiger partial charge >= 0.3 is 0 Å². The van der Waals surface area contributed by atoms with Crippen LogP contribution >= 0.6 is 0 Å². The first-order chi connectivity index (χ1) is 7.70. The molecule has 1 aliphatic heterocycles. The summed E-state index contributed by atoms with van der Waals surface area (Å²) in [5.41, 5.74) is 13.6. The normalized spacial score (nSPS) is 17.1. The third-order valence-corrected chi connectivity index (χ3v) is 3.09. The van der Waals surface area contributed by atoms with Gasteiger partial charge in [-0.2, -0.15) is 0 Å². The number of hydrogen-bond acceptors (Lipinski definition) is 3. The van der Waals surface area contributed by atoms with E-state index in [1.54, 1.807) is 0 Å². The Morgan fingerprint density at radius 2 is 1.88 bits per heavy atom. The lowest BCUT2D eigenvalue weighted by atomic mass is 10.1. The van der Waals surface area contributed by atoms with Crippen LogP contribution in [-0.4, -0.2) is 23.4 Å². The number of rotatable bonds is 4. The quantitative estimate of drug-likeness (QED) is 0.760. The number of benzene rings is 1. The summed E-state index contributed by atoms with van der Waals surface area (Å²) in [4.78, 5) is 13.2. The maximum Gasteiger partial charge on any atom is 0.219 e. The smallest absolute Gasteiger partial charge is 0.219 e. The summed E-state index contributed by atoms with van der Waals surface area (Å²) in [7, 11) is 0. The molecule has 1 heterocycles. The van der Waals surface area contributed by atoms with E-state index in [1.165, 1.54) is 11.1 Å². The second kappa shape index (κ2) is 4.63. The van der Waals surface area contributed by atoms with Crippen LogP contribution in [0.2, 0.25) is 0 Å². The number of nitrogens with zero attached hydrogens (tertiary/aromatic N) is 1. The lowest BCUT2D eigenvalue weighted by Gasteiger charge is -2.24. The zero-order valence-electron chi connectivity index (χ0n) is 9.23. The molecular weight excluding hydrogens is 202 g/mol. The Hall–Kier alpha value is -1.39. The first-order valence-corrected chi connectivity index (χ1v) is 5.50. The van der Waals surface area contributed by atoms with Gasteiger partial charge in [-0.15, -0.1) is 0 Å². The molecule has 4 heteroatoms. The summed E-state index contributed by atoms with van der Waals surface area (Å²) in [5, 5.41) is 0. The minimum atomic E-state index is -0.286. The van der Waals surface area contributed by atoms with Gasteiger partial charge < -0.3 is 11.5 Å². The average molecular weight is 219 g/mol. The second-order valence-electron chi connectivity index (χ2n) is 4.23. The minimum Gasteiger partial charge on any atom is -0.370 e. The molecule has 0 bridgehead atoms. The highest BCUT2D eigenvalue weighted by Crippen LogP contribution is 2.24. The monoisotopic (exact) mass is 219 g/mol. The molecule has 1 unspecified atom stereocenters. The molecule has 86 valence electrons. The Morgan fingerprint density at radius 1 is 1.31 bits per heavy atom. The molecule has 1 aromatic rings. The molecule has 0 spiro atoms. The van der Waals surface area contributed by atoms with Crippen LogP contribution in [0.15, 0.2) is 24.3 Å². The van der Waals surface area contributed by atoms with Crippen molar-refractivity contribution in [2.24, 2.45) is 11.5 Å². The van der Waals surface area contributed by atoms with Crippen molar-refractivity contribution in [3.05, 3.63) is 35.4 Å². The van der Waals surface area contributed by atoms with Crippen molar-refractivity contribution in [1.29, 1.82) is 0 Å². The van der Waals surface area contributed by atoms with E-state index < -0.39 is 0 Å². The van der Waals surface area contributed by atoms with Gasteiger partial charge in [-0.3, -0.25) is 9.69 Å². The zero-order chi connectivity index (χ0) is 11.5. The third kappa shape index (κ3) is 2.23. The van der Waals surface area contributed by atoms with Crippen LogP contribution in [0.1, 0.15) is 17.5 Å². The lowest BCUT2D eigenvalue weighted by molar-refractivity contribution is -0.119. The number of hydrogen-bond donors (Lipinski definition) is 2. The van der Waals surface area contributed by atoms with E-state index in [4.69, 9.17) is 11.5 Å². The van der Waals surface area contributed by atoms with E-state index >= 15 is 0 Å². The summed E-state index contributed by atoms with van der Waals surface area (Å²) in [6.07, 6.45) is 0.338. The molecule has 2 rings (SSSR count). The van der Waals surface area contributed by atoms with E-state index in [0.29, 0.717) is 13.0 Å². The fourth-order valence-electron chi connectivity index (χ4n) is 2.21. The van der Waals surface area contributed by atoms with Gasteiger partial charge in [0.05, 0.1) is 0 Å². The van der Waals surface area contributed by atoms with E-state index in [0.717, 1.165) is 13.1 Å². The standard InChI is InChI=1S/C12H17N3O/c13-6-11(5-12(14)16)15-7-9-3-1-2-4-10(9)8-15/h1-4,11H,5-8,13H2,(H2,14,16). The van der Waals surface area contributed by atoms with E-state index in [-0.39, 0.29) is 11.9 Å². The highest BCUT2D eigenvalue weighted by atomic mass is 16.1. The molecule has 1 atom stereocenters. The molecular formula is C12H17N3O. The number of primary amides is 1. The predicted octanol–water partition coefficient (Wildman–Crippen LogP) is 0.205. The molecule has 1 aromatic carbocycles. The Balaban J connectivity index is 2.06. The largest absolute Gasteiger partial charge is 0.370 e. The highest BCUT2D eigenvalue weighted by molar-refractivity contribution is 5.74. The topological polar surface area (TPSA) is 72.3 Å². The molecule has 0 fully saturated rings. The molecule has 1 amide bonds. The molecule has 0 radical (unpaired) electrons. The summed E-state index contributed by atoms with van der Waals surface area (Å²) in [6.45, 7) is 2.20. The average Bonchev–Trinajstić information content (AvgIpc) is 2.68. The molecule has 0 saturated carbocycles. The third-order valence-electron chi connectivity index (χ3n) is 3.09. The Kier molecular flexibility index (Phi) is 3.22. The van der Waals surface area contributed by atoms with Crippen molar-refractivity contribution < 1.29 is 4.79 Å². The van der Waals surface area contributed by atoms with Gasteiger partial charge in [-0.25, -0.2) is 0 Å². The maximum atomic E-state index is 10.9. The van der Waals surface area contributed by atoms with Crippen LogP contribution < -0.4 is 11.5 Å². The van der Waals surface area contributed by atoms with Gasteiger partial charge in [0, 0.05) is 32.1 Å². The van der Waals surface area contributed by atoms with Crippen LogP contribution in [0.3, 0.4) is 0 Å². The van der Waals surface area contributed by atoms with Crippen LogP contribution in [0, 0.1) is 0 Å². The summed E-state index contributed by atoms with van der Waals surface area (Å²) < 4.78 is 0. The van der Waals surface area contributed by atoms with Crippen molar-refractivity contribution >= 4 is 5.91 Å². The van der Waals surface area contributed by atoms with Crippen LogP contribution in [0.25, 0.3) is 0 Å². The number of carbonyl (C=O) groups is 1. The van der Waals surface area contributed by atoms with Crippen LogP contribution in [0.5, 0.6) is 0 Å². The number of nitrogens with two attached hydrogens (primary N) is 2. The Labute approximate surface area is 95.2 Å². The lowest BCUT2D eigenvalue weighted by Crippen LogP contribution is -2.40. The van der Waals surface area contributed by atoms with Crippen molar-refractivity contribution in [1.82, 2.24) is 4.90 Å². The molecule has 1 aliphatic rings. The van der Waals surface area contributed by atoms with Gasteiger partial charge in [0.1, 0.15) is 0 Å². The molecule has 16 heavy (non-hydrogen) atoms. The van der Waals surface area contributed by atoms with Gasteiger partial charge in [0.25, 0.3) is 0 Å². The second-order valence-corrected chi connectivity index (χ2v) is 4.23. The minimum absolute atomic E-state index is 0.0601. The van der Waals surface area contributed by atoms with Crippen molar-refractivity contribution in [3.63, 3.8) is 0 Å². The molecule has 4 nitrogen and oxygen atoms in total. The van der Waals surface area contributed by atoms with Crippen molar-refractivity contribution in [2.45, 2.75) is 25.6 Å². The molecule has 0 aromatic heterocycles. The fourth-order valence-corrected chi connectivity index (χ4v) is 2.21. The molecule has 4 N–H and O–H groups in total. The first-order valence-electron chi connectivity index (χ1n) is 5.50. The summed E-state index contributed by atoms with van der Waals surface area (Å²) in [5.74, 6) is -0.286. The maximum absolute atomic E-state index is 10.9. The number of amides is 1. The fraction of sp³-hybridized carbons (Fsp3) is 0.417. The molecule has 0 aliphatic carbocycles. The van der Waals surface area contributed by atoms with Crippen LogP contribution in [-0.2, 0) is 17.9 Å². The van der Waals surface area contributed by atoms with E-state index in [9.17, 15) is 4.79 Å².